The zero-order valence-electron chi connectivity index (χ0n) is 45.7. The van der Waals surface area contributed by atoms with Crippen LogP contribution in [0.5, 0.6) is 0 Å². The van der Waals surface area contributed by atoms with E-state index in [0.29, 0.717) is 91.6 Å². The predicted octanol–water partition coefficient (Wildman–Crippen LogP) is -44.0. The quantitative estimate of drug-likeness (QED) is 0.0567. The standard InChI is InChI=1S/C10H16N2O8.7C2H8N2.4C2H4O2.8Na/c13-7(14)3-11(4-8(15)16)1-2-12(5-9(17)18)6-10(19)20;7*3-1-2-4;4*1-2(3)4;;;;;;;;/h1-6H2,(H,13,14)(H,15,16)(H,17,18)(H,19,20);7*1-4H2;4*1H3,(H,3,4);;;;;;;;/q;;;;;;;;;;;;8*+1/p-8. The third kappa shape index (κ3) is 393. The Balaban J connectivity index is -0.0000000246. The van der Waals surface area contributed by atoms with Gasteiger partial charge in [-0.05, 0) is 27.7 Å². The molecule has 0 aromatic heterocycles. The van der Waals surface area contributed by atoms with Crippen molar-refractivity contribution >= 4 is 47.8 Å². The summed E-state index contributed by atoms with van der Waals surface area (Å²) >= 11 is 0. The van der Waals surface area contributed by atoms with E-state index in [1.54, 1.807) is 0 Å². The first kappa shape index (κ1) is 136. The van der Waals surface area contributed by atoms with Crippen LogP contribution in [-0.4, -0.2) is 188 Å². The zero-order valence-corrected chi connectivity index (χ0v) is 61.7. The minimum Gasteiger partial charge on any atom is -0.550 e. The van der Waals surface area contributed by atoms with Crippen molar-refractivity contribution in [3.63, 3.8) is 0 Å². The molecule has 0 bridgehead atoms. The molecule has 0 aliphatic carbocycles. The van der Waals surface area contributed by atoms with E-state index in [1.165, 1.54) is 0 Å². The molecule has 0 spiro atoms. The maximum Gasteiger partial charge on any atom is 1.00 e. The smallest absolute Gasteiger partial charge is 0.550 e. The Kier molecular flexibility index (Phi) is 265. The van der Waals surface area contributed by atoms with Crippen molar-refractivity contribution in [2.75, 3.05) is 131 Å². The summed E-state index contributed by atoms with van der Waals surface area (Å²) in [6, 6.07) is 0. The van der Waals surface area contributed by atoms with Crippen molar-refractivity contribution < 1.29 is 316 Å². The minimum absolute atomic E-state index is 0. The Morgan fingerprint density at radius 2 is 0.319 bits per heavy atom. The maximum atomic E-state index is 10.4. The van der Waals surface area contributed by atoms with Crippen LogP contribution in [0.25, 0.3) is 0 Å². The topological polar surface area (TPSA) is 692 Å². The summed E-state index contributed by atoms with van der Waals surface area (Å²) in [5, 5.41) is 77.2. The van der Waals surface area contributed by atoms with Crippen molar-refractivity contribution in [1.29, 1.82) is 0 Å². The third-order valence-electron chi connectivity index (χ3n) is 3.31. The summed E-state index contributed by atoms with van der Waals surface area (Å²) in [5.74, 6) is -10.5. The average molecular weight is 1130 g/mol. The number of aliphatic carboxylic acids is 8. The number of carbonyl (C=O) groups is 8. The monoisotopic (exact) mass is 1130 g/mol. The van der Waals surface area contributed by atoms with Crippen molar-refractivity contribution in [1.82, 2.24) is 9.80 Å². The van der Waals surface area contributed by atoms with Crippen molar-refractivity contribution in [2.45, 2.75) is 27.7 Å². The van der Waals surface area contributed by atoms with Gasteiger partial charge in [-0.15, -0.1) is 0 Å². The van der Waals surface area contributed by atoms with E-state index in [2.05, 4.69) is 0 Å². The number of hydrogen-bond acceptors (Lipinski definition) is 32. The molecular formula is C32H80N16Na8O16. The fraction of sp³-hybridized carbons (Fsp3) is 0.750. The molecule has 0 aliphatic rings. The Hall–Kier alpha value is 3.12. The average Bonchev–Trinajstić information content (AvgIpc) is 3.18. The van der Waals surface area contributed by atoms with Crippen molar-refractivity contribution in [2.24, 2.45) is 80.3 Å². The van der Waals surface area contributed by atoms with Crippen LogP contribution in [-0.2, 0) is 38.4 Å². The molecule has 0 rings (SSSR count). The van der Waals surface area contributed by atoms with Crippen LogP contribution in [0.3, 0.4) is 0 Å². The van der Waals surface area contributed by atoms with Gasteiger partial charge in [0.2, 0.25) is 0 Å². The number of nitrogens with zero attached hydrogens (tertiary/aromatic N) is 2. The van der Waals surface area contributed by atoms with E-state index >= 15 is 0 Å². The second-order valence-corrected chi connectivity index (χ2v) is 9.92. The molecule has 0 fully saturated rings. The fourth-order valence-corrected chi connectivity index (χ4v) is 1.44. The number of carboxylic acids is 8. The first-order valence-corrected chi connectivity index (χ1v) is 18.3. The first-order chi connectivity index (χ1) is 29.5. The van der Waals surface area contributed by atoms with E-state index in [0.717, 1.165) is 37.5 Å². The largest absolute Gasteiger partial charge is 1.00 e. The Labute approximate surface area is 602 Å². The maximum absolute atomic E-state index is 10.4. The predicted molar refractivity (Wildman–Crippen MR) is 222 cm³/mol. The van der Waals surface area contributed by atoms with Crippen LogP contribution in [0.4, 0.5) is 0 Å². The fourth-order valence-electron chi connectivity index (χ4n) is 1.44. The van der Waals surface area contributed by atoms with E-state index in [1.807, 2.05) is 0 Å². The van der Waals surface area contributed by atoms with Gasteiger partial charge in [-0.2, -0.15) is 0 Å². The van der Waals surface area contributed by atoms with Crippen LogP contribution in [0.1, 0.15) is 27.7 Å². The van der Waals surface area contributed by atoms with Crippen molar-refractivity contribution in [3.8, 4) is 0 Å². The van der Waals surface area contributed by atoms with Crippen LogP contribution in [0.2, 0.25) is 0 Å². The summed E-state index contributed by atoms with van der Waals surface area (Å²) in [4.78, 5) is 79.0. The van der Waals surface area contributed by atoms with Gasteiger partial charge in [0.25, 0.3) is 0 Å². The Bertz CT molecular complexity index is 834. The van der Waals surface area contributed by atoms with Crippen LogP contribution in [0.15, 0.2) is 0 Å². The molecule has 32 nitrogen and oxygen atoms in total. The molecule has 0 atom stereocenters. The summed E-state index contributed by atoms with van der Waals surface area (Å²) < 4.78 is 0. The van der Waals surface area contributed by atoms with E-state index in [9.17, 15) is 39.6 Å². The SMILES string of the molecule is CC(=O)[O-].CC(=O)[O-].CC(=O)[O-].CC(=O)[O-].NCCN.NCCN.NCCN.NCCN.NCCN.NCCN.NCCN.O=C([O-])CN(CCN(CC(=O)[O-])CC(=O)[O-])CC(=O)[O-].[Na+].[Na+].[Na+].[Na+].[Na+].[Na+].[Na+].[Na+]. The van der Waals surface area contributed by atoms with E-state index in [4.69, 9.17) is 120 Å². The van der Waals surface area contributed by atoms with Gasteiger partial charge >= 0.3 is 236 Å². The van der Waals surface area contributed by atoms with E-state index in [-0.39, 0.29) is 250 Å². The number of nitrogens with two attached hydrogens (primary N) is 14. The number of rotatable bonds is 18. The summed E-state index contributed by atoms with van der Waals surface area (Å²) in [6.45, 7) is 9.00. The molecule has 0 unspecified atom stereocenters. The minimum atomic E-state index is -1.53. The number of hydrogen-bond donors (Lipinski definition) is 14. The van der Waals surface area contributed by atoms with Gasteiger partial charge in [-0.25, -0.2) is 0 Å². The number of carboxylic acid groups (broad SMARTS) is 8. The van der Waals surface area contributed by atoms with Crippen LogP contribution in [0, 0.1) is 0 Å². The molecule has 0 saturated heterocycles. The van der Waals surface area contributed by atoms with Gasteiger partial charge in [0.1, 0.15) is 0 Å². The van der Waals surface area contributed by atoms with Gasteiger partial charge < -0.3 is 159 Å². The number of carbonyl (C=O) groups excluding carboxylic acids is 8. The molecule has 0 aromatic rings. The molecule has 0 radical (unpaired) electrons. The summed E-state index contributed by atoms with van der Waals surface area (Å²) in [7, 11) is 0. The normalized spacial score (nSPS) is 7.28. The van der Waals surface area contributed by atoms with Gasteiger partial charge in [0.15, 0.2) is 0 Å². The third-order valence-corrected chi connectivity index (χ3v) is 3.31. The molecule has 392 valence electrons. The summed E-state index contributed by atoms with van der Waals surface area (Å²) in [5.41, 5.74) is 68.6. The zero-order chi connectivity index (χ0) is 53.9. The molecule has 40 heteroatoms. The Morgan fingerprint density at radius 1 is 0.250 bits per heavy atom. The molecule has 0 heterocycles. The molecule has 0 saturated carbocycles. The second kappa shape index (κ2) is 140. The Morgan fingerprint density at radius 3 is 0.361 bits per heavy atom. The van der Waals surface area contributed by atoms with Crippen LogP contribution >= 0.6 is 0 Å². The molecule has 0 aromatic carbocycles. The summed E-state index contributed by atoms with van der Waals surface area (Å²) in [6.07, 6.45) is 0. The second-order valence-electron chi connectivity index (χ2n) is 9.92. The van der Waals surface area contributed by atoms with E-state index < -0.39 is 73.9 Å². The first-order valence-electron chi connectivity index (χ1n) is 18.3. The van der Waals surface area contributed by atoms with Crippen molar-refractivity contribution in [3.05, 3.63) is 0 Å². The molecular weight excluding hydrogens is 1050 g/mol. The van der Waals surface area contributed by atoms with Gasteiger partial charge in [0, 0.05) is 155 Å². The van der Waals surface area contributed by atoms with Gasteiger partial charge in [-0.1, -0.05) is 0 Å². The van der Waals surface area contributed by atoms with Gasteiger partial charge in [0.05, 0.1) is 23.9 Å². The van der Waals surface area contributed by atoms with Crippen LogP contribution < -0.4 is 358 Å². The molecule has 0 amide bonds. The molecule has 72 heavy (non-hydrogen) atoms. The van der Waals surface area contributed by atoms with Gasteiger partial charge in [-0.3, -0.25) is 9.80 Å². The molecule has 0 aliphatic heterocycles. The molecule has 28 N–H and O–H groups in total.